The fourth-order valence-electron chi connectivity index (χ4n) is 4.14. The van der Waals surface area contributed by atoms with E-state index in [9.17, 15) is 13.2 Å². The first-order valence-electron chi connectivity index (χ1n) is 10.1. The van der Waals surface area contributed by atoms with Crippen LogP contribution >= 0.6 is 0 Å². The zero-order valence-corrected chi connectivity index (χ0v) is 17.4. The second-order valence-corrected chi connectivity index (χ2v) is 7.93. The van der Waals surface area contributed by atoms with Crippen LogP contribution in [-0.4, -0.2) is 15.0 Å². The van der Waals surface area contributed by atoms with Gasteiger partial charge in [0.25, 0.3) is 0 Å². The average molecular weight is 429 g/mol. The van der Waals surface area contributed by atoms with E-state index < -0.39 is 12.0 Å². The summed E-state index contributed by atoms with van der Waals surface area (Å²) in [5, 5.41) is 4.15. The maximum atomic E-state index is 12.7. The van der Waals surface area contributed by atoms with Gasteiger partial charge in [0.1, 0.15) is 0 Å². The number of nitrogens with zero attached hydrogens (tertiary/aromatic N) is 3. The van der Waals surface area contributed by atoms with Gasteiger partial charge >= 0.3 is 6.18 Å². The van der Waals surface area contributed by atoms with Gasteiger partial charge in [-0.3, -0.25) is 4.98 Å². The zero-order chi connectivity index (χ0) is 22.5. The Bertz CT molecular complexity index is 1450. The number of benzene rings is 3. The molecule has 158 valence electrons. The van der Waals surface area contributed by atoms with Crippen molar-refractivity contribution in [3.05, 3.63) is 90.1 Å². The highest BCUT2D eigenvalue weighted by Gasteiger charge is 2.34. The van der Waals surface area contributed by atoms with Crippen LogP contribution in [0.4, 0.5) is 13.2 Å². The molecular formula is C26H18F3N3. The predicted octanol–water partition coefficient (Wildman–Crippen LogP) is 7.15. The first-order valence-corrected chi connectivity index (χ1v) is 10.1. The molecule has 0 fully saturated rings. The Morgan fingerprint density at radius 2 is 1.31 bits per heavy atom. The lowest BCUT2D eigenvalue weighted by molar-refractivity contribution is -0.144. The second-order valence-electron chi connectivity index (χ2n) is 7.93. The SMILES string of the molecule is Cc1cc(C)cc(-c2nccc3c2ccc2cc(-c4cnc(C(F)(F)F)nc4)ccc23)c1. The van der Waals surface area contributed by atoms with E-state index in [0.29, 0.717) is 5.56 Å². The smallest absolute Gasteiger partial charge is 0.256 e. The summed E-state index contributed by atoms with van der Waals surface area (Å²) < 4.78 is 38.2. The Labute approximate surface area is 182 Å². The van der Waals surface area contributed by atoms with Crippen LogP contribution in [0.15, 0.2) is 73.2 Å². The Balaban J connectivity index is 1.62. The number of rotatable bonds is 2. The maximum absolute atomic E-state index is 12.7. The minimum absolute atomic E-state index is 0.533. The Hall–Kier alpha value is -3.80. The van der Waals surface area contributed by atoms with E-state index in [2.05, 4.69) is 47.0 Å². The molecule has 0 amide bonds. The Morgan fingerprint density at radius 3 is 2.00 bits per heavy atom. The summed E-state index contributed by atoms with van der Waals surface area (Å²) >= 11 is 0. The zero-order valence-electron chi connectivity index (χ0n) is 17.4. The average Bonchev–Trinajstić information content (AvgIpc) is 2.77. The standard InChI is InChI=1S/C26H18F3N3/c1-15-9-16(2)11-19(10-15)24-23-6-4-18-12-17(3-5-21(18)22(23)7-8-30-24)20-13-31-25(32-14-20)26(27,28)29/h3-14H,1-2H3. The van der Waals surface area contributed by atoms with Crippen LogP contribution in [0.5, 0.6) is 0 Å². The molecule has 0 saturated carbocycles. The molecule has 0 aliphatic carbocycles. The molecular weight excluding hydrogens is 411 g/mol. The van der Waals surface area contributed by atoms with Crippen LogP contribution in [0.1, 0.15) is 17.0 Å². The van der Waals surface area contributed by atoms with Crippen LogP contribution in [0.3, 0.4) is 0 Å². The largest absolute Gasteiger partial charge is 0.451 e. The van der Waals surface area contributed by atoms with Crippen LogP contribution in [-0.2, 0) is 6.18 Å². The number of alkyl halides is 3. The van der Waals surface area contributed by atoms with Crippen molar-refractivity contribution in [2.45, 2.75) is 20.0 Å². The molecule has 0 bridgehead atoms. The number of fused-ring (bicyclic) bond motifs is 3. The minimum Gasteiger partial charge on any atom is -0.256 e. The third kappa shape index (κ3) is 3.58. The summed E-state index contributed by atoms with van der Waals surface area (Å²) in [5.41, 5.74) is 5.66. The lowest BCUT2D eigenvalue weighted by Crippen LogP contribution is -2.10. The molecule has 0 radical (unpaired) electrons. The molecule has 2 heterocycles. The maximum Gasteiger partial charge on any atom is 0.451 e. The van der Waals surface area contributed by atoms with Gasteiger partial charge in [-0.2, -0.15) is 13.2 Å². The second kappa shape index (κ2) is 7.41. The van der Waals surface area contributed by atoms with Crippen molar-refractivity contribution in [1.82, 2.24) is 15.0 Å². The van der Waals surface area contributed by atoms with Gasteiger partial charge in [0.15, 0.2) is 0 Å². The number of aryl methyl sites for hydroxylation is 2. The van der Waals surface area contributed by atoms with E-state index in [4.69, 9.17) is 0 Å². The fourth-order valence-corrected chi connectivity index (χ4v) is 4.14. The van der Waals surface area contributed by atoms with Crippen molar-refractivity contribution in [2.24, 2.45) is 0 Å². The van der Waals surface area contributed by atoms with Gasteiger partial charge < -0.3 is 0 Å². The highest BCUT2D eigenvalue weighted by Crippen LogP contribution is 2.34. The highest BCUT2D eigenvalue weighted by molar-refractivity contribution is 6.11. The van der Waals surface area contributed by atoms with E-state index in [1.54, 1.807) is 0 Å². The topological polar surface area (TPSA) is 38.7 Å². The van der Waals surface area contributed by atoms with Crippen molar-refractivity contribution in [2.75, 3.05) is 0 Å². The molecule has 0 saturated heterocycles. The lowest BCUT2D eigenvalue weighted by atomic mass is 9.95. The first kappa shape index (κ1) is 20.1. The molecule has 0 aliphatic rings. The van der Waals surface area contributed by atoms with Crippen LogP contribution in [0.25, 0.3) is 43.9 Å². The van der Waals surface area contributed by atoms with E-state index in [1.165, 1.54) is 23.5 Å². The number of pyridine rings is 1. The molecule has 0 aliphatic heterocycles. The molecule has 5 aromatic rings. The third-order valence-corrected chi connectivity index (χ3v) is 5.50. The van der Waals surface area contributed by atoms with Crippen molar-refractivity contribution >= 4 is 21.5 Å². The monoisotopic (exact) mass is 429 g/mol. The summed E-state index contributed by atoms with van der Waals surface area (Å²) in [6.45, 7) is 4.15. The van der Waals surface area contributed by atoms with Gasteiger partial charge in [0.2, 0.25) is 5.82 Å². The molecule has 0 N–H and O–H groups in total. The third-order valence-electron chi connectivity index (χ3n) is 5.50. The predicted molar refractivity (Wildman–Crippen MR) is 120 cm³/mol. The molecule has 0 atom stereocenters. The van der Waals surface area contributed by atoms with Gasteiger partial charge in [-0.1, -0.05) is 41.5 Å². The van der Waals surface area contributed by atoms with Crippen molar-refractivity contribution in [3.8, 4) is 22.4 Å². The summed E-state index contributed by atoms with van der Waals surface area (Å²) in [7, 11) is 0. The van der Waals surface area contributed by atoms with Crippen LogP contribution < -0.4 is 0 Å². The number of aromatic nitrogens is 3. The quantitative estimate of drug-likeness (QED) is 0.280. The number of hydrogen-bond donors (Lipinski definition) is 0. The van der Waals surface area contributed by atoms with Gasteiger partial charge in [-0.05, 0) is 59.8 Å². The molecule has 0 unspecified atom stereocenters. The van der Waals surface area contributed by atoms with Crippen molar-refractivity contribution in [1.29, 1.82) is 0 Å². The Kier molecular flexibility index (Phi) is 4.66. The van der Waals surface area contributed by atoms with Gasteiger partial charge in [0.05, 0.1) is 5.69 Å². The van der Waals surface area contributed by atoms with Crippen molar-refractivity contribution in [3.63, 3.8) is 0 Å². The summed E-state index contributed by atoms with van der Waals surface area (Å²) in [6, 6.07) is 18.3. The van der Waals surface area contributed by atoms with E-state index in [0.717, 1.165) is 38.4 Å². The minimum atomic E-state index is -4.55. The molecule has 5 rings (SSSR count). The van der Waals surface area contributed by atoms with Gasteiger partial charge in [0, 0.05) is 35.1 Å². The summed E-state index contributed by atoms with van der Waals surface area (Å²) in [4.78, 5) is 11.6. The van der Waals surface area contributed by atoms with Gasteiger partial charge in [-0.15, -0.1) is 0 Å². The van der Waals surface area contributed by atoms with Crippen LogP contribution in [0.2, 0.25) is 0 Å². The Morgan fingerprint density at radius 1 is 0.625 bits per heavy atom. The fraction of sp³-hybridized carbons (Fsp3) is 0.115. The normalized spacial score (nSPS) is 11.9. The van der Waals surface area contributed by atoms with E-state index in [-0.39, 0.29) is 0 Å². The number of halogens is 3. The van der Waals surface area contributed by atoms with Gasteiger partial charge in [-0.25, -0.2) is 9.97 Å². The van der Waals surface area contributed by atoms with Crippen molar-refractivity contribution < 1.29 is 13.2 Å². The molecule has 3 nitrogen and oxygen atoms in total. The van der Waals surface area contributed by atoms with E-state index >= 15 is 0 Å². The number of hydrogen-bond acceptors (Lipinski definition) is 3. The summed E-state index contributed by atoms with van der Waals surface area (Å²) in [5.74, 6) is -1.14. The molecule has 2 aromatic heterocycles. The highest BCUT2D eigenvalue weighted by atomic mass is 19.4. The molecule has 32 heavy (non-hydrogen) atoms. The molecule has 6 heteroatoms. The summed E-state index contributed by atoms with van der Waals surface area (Å²) in [6.07, 6.45) is -0.324. The van der Waals surface area contributed by atoms with Crippen LogP contribution in [0, 0.1) is 13.8 Å². The molecule has 3 aromatic carbocycles. The molecule has 0 spiro atoms. The van der Waals surface area contributed by atoms with E-state index in [1.807, 2.05) is 42.6 Å². The lowest BCUT2D eigenvalue weighted by Gasteiger charge is -2.11. The first-order chi connectivity index (χ1) is 15.3.